The standard InChI is InChI=1S/C15H25N3OS/c1-17(2)10-11-6-8-18(9-7-11)15-16-14-12(19)4-3-5-13(14)20-15/h11-12,19H,3-10H2,1-2H3. The molecule has 1 aromatic heterocycles. The fraction of sp³-hybridized carbons (Fsp3) is 0.800. The molecule has 112 valence electrons. The quantitative estimate of drug-likeness (QED) is 0.929. The summed E-state index contributed by atoms with van der Waals surface area (Å²) in [6.07, 6.45) is 5.26. The van der Waals surface area contributed by atoms with E-state index in [1.807, 2.05) is 0 Å². The van der Waals surface area contributed by atoms with Crippen molar-refractivity contribution in [2.75, 3.05) is 38.6 Å². The summed E-state index contributed by atoms with van der Waals surface area (Å²) in [6.45, 7) is 3.42. The van der Waals surface area contributed by atoms with Gasteiger partial charge in [0.1, 0.15) is 0 Å². The number of rotatable bonds is 3. The summed E-state index contributed by atoms with van der Waals surface area (Å²) in [5.41, 5.74) is 0.965. The molecule has 0 amide bonds. The van der Waals surface area contributed by atoms with Crippen LogP contribution in [0.2, 0.25) is 0 Å². The van der Waals surface area contributed by atoms with Gasteiger partial charge in [0.25, 0.3) is 0 Å². The number of aliphatic hydroxyl groups excluding tert-OH is 1. The first-order valence-corrected chi connectivity index (χ1v) is 8.52. The topological polar surface area (TPSA) is 39.6 Å². The molecule has 0 saturated carbocycles. The third-order valence-electron chi connectivity index (χ3n) is 4.42. The summed E-state index contributed by atoms with van der Waals surface area (Å²) >= 11 is 1.81. The number of fused-ring (bicyclic) bond motifs is 1. The Morgan fingerprint density at radius 3 is 2.70 bits per heavy atom. The van der Waals surface area contributed by atoms with Crippen LogP contribution in [0.3, 0.4) is 0 Å². The number of piperidine rings is 1. The predicted octanol–water partition coefficient (Wildman–Crippen LogP) is 2.29. The van der Waals surface area contributed by atoms with Gasteiger partial charge in [0.15, 0.2) is 5.13 Å². The lowest BCUT2D eigenvalue weighted by Gasteiger charge is -2.33. The molecule has 1 saturated heterocycles. The van der Waals surface area contributed by atoms with Crippen LogP contribution in [0.5, 0.6) is 0 Å². The molecular formula is C15H25N3OS. The summed E-state index contributed by atoms with van der Waals surface area (Å²) < 4.78 is 0. The highest BCUT2D eigenvalue weighted by Crippen LogP contribution is 2.37. The van der Waals surface area contributed by atoms with Gasteiger partial charge in [-0.1, -0.05) is 0 Å². The molecule has 2 heterocycles. The van der Waals surface area contributed by atoms with E-state index in [9.17, 15) is 5.11 Å². The monoisotopic (exact) mass is 295 g/mol. The lowest BCUT2D eigenvalue weighted by molar-refractivity contribution is 0.153. The van der Waals surface area contributed by atoms with Gasteiger partial charge < -0.3 is 14.9 Å². The van der Waals surface area contributed by atoms with Crippen molar-refractivity contribution in [2.24, 2.45) is 5.92 Å². The molecule has 1 aromatic rings. The van der Waals surface area contributed by atoms with Gasteiger partial charge in [-0.2, -0.15) is 0 Å². The Morgan fingerprint density at radius 1 is 1.30 bits per heavy atom. The van der Waals surface area contributed by atoms with E-state index in [-0.39, 0.29) is 6.10 Å². The van der Waals surface area contributed by atoms with Crippen LogP contribution in [-0.4, -0.2) is 48.7 Å². The number of aromatic nitrogens is 1. The largest absolute Gasteiger partial charge is 0.387 e. The van der Waals surface area contributed by atoms with Crippen LogP contribution in [0.15, 0.2) is 0 Å². The predicted molar refractivity (Wildman–Crippen MR) is 83.5 cm³/mol. The van der Waals surface area contributed by atoms with Gasteiger partial charge in [-0.25, -0.2) is 4.98 Å². The minimum atomic E-state index is -0.324. The van der Waals surface area contributed by atoms with E-state index < -0.39 is 0 Å². The highest BCUT2D eigenvalue weighted by atomic mass is 32.1. The first-order chi connectivity index (χ1) is 9.63. The van der Waals surface area contributed by atoms with Crippen molar-refractivity contribution in [2.45, 2.75) is 38.2 Å². The molecule has 1 aliphatic heterocycles. The van der Waals surface area contributed by atoms with Crippen molar-refractivity contribution < 1.29 is 5.11 Å². The average molecular weight is 295 g/mol. The third-order valence-corrected chi connectivity index (χ3v) is 5.61. The van der Waals surface area contributed by atoms with Crippen LogP contribution in [0.1, 0.15) is 42.4 Å². The number of hydrogen-bond acceptors (Lipinski definition) is 5. The van der Waals surface area contributed by atoms with Gasteiger partial charge in [0.05, 0.1) is 11.8 Å². The molecule has 1 N–H and O–H groups in total. The van der Waals surface area contributed by atoms with E-state index in [0.29, 0.717) is 0 Å². The van der Waals surface area contributed by atoms with E-state index in [2.05, 4.69) is 23.9 Å². The molecule has 3 rings (SSSR count). The van der Waals surface area contributed by atoms with Crippen LogP contribution in [0.4, 0.5) is 5.13 Å². The summed E-state index contributed by atoms with van der Waals surface area (Å²) in [7, 11) is 4.31. The molecule has 4 nitrogen and oxygen atoms in total. The first-order valence-electron chi connectivity index (χ1n) is 7.71. The van der Waals surface area contributed by atoms with E-state index in [1.54, 1.807) is 11.3 Å². The fourth-order valence-corrected chi connectivity index (χ4v) is 4.55. The highest BCUT2D eigenvalue weighted by molar-refractivity contribution is 7.15. The zero-order valence-electron chi connectivity index (χ0n) is 12.5. The van der Waals surface area contributed by atoms with Crippen molar-refractivity contribution >= 4 is 16.5 Å². The SMILES string of the molecule is CN(C)CC1CCN(c2nc3c(s2)CCCC3O)CC1. The highest BCUT2D eigenvalue weighted by Gasteiger charge is 2.27. The Kier molecular flexibility index (Phi) is 4.29. The second kappa shape index (κ2) is 6.00. The van der Waals surface area contributed by atoms with Gasteiger partial charge >= 0.3 is 0 Å². The molecule has 1 unspecified atom stereocenters. The molecule has 2 aliphatic rings. The van der Waals surface area contributed by atoms with Gasteiger partial charge in [-0.15, -0.1) is 11.3 Å². The summed E-state index contributed by atoms with van der Waals surface area (Å²) in [4.78, 5) is 10.7. The average Bonchev–Trinajstić information content (AvgIpc) is 2.84. The molecule has 5 heteroatoms. The summed E-state index contributed by atoms with van der Waals surface area (Å²) in [6, 6.07) is 0. The minimum Gasteiger partial charge on any atom is -0.387 e. The lowest BCUT2D eigenvalue weighted by atomic mass is 9.97. The van der Waals surface area contributed by atoms with Crippen LogP contribution >= 0.6 is 11.3 Å². The number of aryl methyl sites for hydroxylation is 1. The maximum Gasteiger partial charge on any atom is 0.185 e. The molecule has 1 atom stereocenters. The van der Waals surface area contributed by atoms with Crippen LogP contribution in [-0.2, 0) is 6.42 Å². The third kappa shape index (κ3) is 3.00. The van der Waals surface area contributed by atoms with Crippen molar-refractivity contribution in [1.29, 1.82) is 0 Å². The smallest absolute Gasteiger partial charge is 0.185 e. The number of thiazole rings is 1. The van der Waals surface area contributed by atoms with E-state index in [0.717, 1.165) is 49.1 Å². The Bertz CT molecular complexity index is 452. The van der Waals surface area contributed by atoms with Crippen molar-refractivity contribution in [1.82, 2.24) is 9.88 Å². The zero-order chi connectivity index (χ0) is 14.1. The second-order valence-corrected chi connectivity index (χ2v) is 7.47. The van der Waals surface area contributed by atoms with Crippen molar-refractivity contribution in [3.05, 3.63) is 10.6 Å². The van der Waals surface area contributed by atoms with Gasteiger partial charge in [-0.3, -0.25) is 0 Å². The fourth-order valence-electron chi connectivity index (χ4n) is 3.34. The molecule has 0 aromatic carbocycles. The van der Waals surface area contributed by atoms with Gasteiger partial charge in [0, 0.05) is 24.5 Å². The van der Waals surface area contributed by atoms with Crippen molar-refractivity contribution in [3.63, 3.8) is 0 Å². The summed E-state index contributed by atoms with van der Waals surface area (Å²) in [5, 5.41) is 11.2. The molecule has 0 spiro atoms. The second-order valence-electron chi connectivity index (χ2n) is 6.41. The lowest BCUT2D eigenvalue weighted by Crippen LogP contribution is -2.37. The van der Waals surface area contributed by atoms with E-state index >= 15 is 0 Å². The molecule has 20 heavy (non-hydrogen) atoms. The number of hydrogen-bond donors (Lipinski definition) is 1. The van der Waals surface area contributed by atoms with Crippen molar-refractivity contribution in [3.8, 4) is 0 Å². The molecule has 1 fully saturated rings. The Balaban J connectivity index is 1.64. The van der Waals surface area contributed by atoms with E-state index in [4.69, 9.17) is 4.98 Å². The van der Waals surface area contributed by atoms with Gasteiger partial charge in [0.2, 0.25) is 0 Å². The molecule has 1 aliphatic carbocycles. The Morgan fingerprint density at radius 2 is 2.05 bits per heavy atom. The number of nitrogens with zero attached hydrogens (tertiary/aromatic N) is 3. The zero-order valence-corrected chi connectivity index (χ0v) is 13.3. The number of anilines is 1. The van der Waals surface area contributed by atoms with Gasteiger partial charge in [-0.05, 0) is 52.1 Å². The van der Waals surface area contributed by atoms with E-state index in [1.165, 1.54) is 24.3 Å². The number of aliphatic hydroxyl groups is 1. The maximum atomic E-state index is 10.0. The summed E-state index contributed by atoms with van der Waals surface area (Å²) in [5.74, 6) is 0.821. The van der Waals surface area contributed by atoms with Crippen LogP contribution < -0.4 is 4.90 Å². The maximum absolute atomic E-state index is 10.0. The molecule has 0 bridgehead atoms. The molecular weight excluding hydrogens is 270 g/mol. The Labute approximate surface area is 125 Å². The van der Waals surface area contributed by atoms with Crippen LogP contribution in [0.25, 0.3) is 0 Å². The molecule has 0 radical (unpaired) electrons. The van der Waals surface area contributed by atoms with Crippen LogP contribution in [0, 0.1) is 5.92 Å². The normalized spacial score (nSPS) is 24.2. The minimum absolute atomic E-state index is 0.324. The first kappa shape index (κ1) is 14.3. The Hall–Kier alpha value is -0.650.